The first-order valence-corrected chi connectivity index (χ1v) is 7.24. The zero-order valence-corrected chi connectivity index (χ0v) is 12.7. The minimum Gasteiger partial charge on any atom is -0.467 e. The molecule has 0 aliphatic carbocycles. The molecule has 0 aliphatic heterocycles. The van der Waals surface area contributed by atoms with E-state index in [9.17, 15) is 4.79 Å². The number of hydrogen-bond donors (Lipinski definition) is 2. The van der Waals surface area contributed by atoms with Gasteiger partial charge in [0.15, 0.2) is 0 Å². The number of rotatable bonds is 5. The molecular weight excluding hydrogens is 316 g/mol. The standard InChI is InChI=1S/C16H13ClN4O2/c17-11-3-5-12(6-4-11)21-15-10-18-14(9-19-15)16(22)20-8-13-2-1-7-23-13/h1-7,9-10H,8H2,(H,19,21)(H,20,22). The van der Waals surface area contributed by atoms with E-state index >= 15 is 0 Å². The second kappa shape index (κ2) is 6.93. The second-order valence-corrected chi connectivity index (χ2v) is 5.12. The number of nitrogens with one attached hydrogen (secondary N) is 2. The molecule has 0 fully saturated rings. The Labute approximate surface area is 137 Å². The SMILES string of the molecule is O=C(NCc1ccco1)c1cnc(Nc2ccc(Cl)cc2)cn1. The molecule has 2 N–H and O–H groups in total. The van der Waals surface area contributed by atoms with E-state index in [2.05, 4.69) is 20.6 Å². The number of aromatic nitrogens is 2. The van der Waals surface area contributed by atoms with E-state index in [1.54, 1.807) is 30.5 Å². The van der Waals surface area contributed by atoms with Gasteiger partial charge in [0, 0.05) is 10.7 Å². The van der Waals surface area contributed by atoms with Crippen LogP contribution < -0.4 is 10.6 Å². The van der Waals surface area contributed by atoms with Gasteiger partial charge < -0.3 is 15.1 Å². The van der Waals surface area contributed by atoms with Crippen LogP contribution in [-0.4, -0.2) is 15.9 Å². The molecule has 1 amide bonds. The van der Waals surface area contributed by atoms with Gasteiger partial charge in [-0.15, -0.1) is 0 Å². The summed E-state index contributed by atoms with van der Waals surface area (Å²) in [6.07, 6.45) is 4.46. The minimum atomic E-state index is -0.313. The highest BCUT2D eigenvalue weighted by Gasteiger charge is 2.08. The first-order valence-electron chi connectivity index (χ1n) is 6.86. The molecule has 116 valence electrons. The zero-order valence-electron chi connectivity index (χ0n) is 12.0. The van der Waals surface area contributed by atoms with Crippen molar-refractivity contribution >= 4 is 29.0 Å². The molecule has 2 aromatic heterocycles. The van der Waals surface area contributed by atoms with Gasteiger partial charge in [0.05, 0.1) is 25.2 Å². The molecule has 0 saturated carbocycles. The lowest BCUT2D eigenvalue weighted by molar-refractivity contribution is 0.0942. The quantitative estimate of drug-likeness (QED) is 0.750. The van der Waals surface area contributed by atoms with Crippen molar-refractivity contribution in [3.05, 3.63) is 71.5 Å². The fourth-order valence-electron chi connectivity index (χ4n) is 1.86. The predicted octanol–water partition coefficient (Wildman–Crippen LogP) is 3.40. The summed E-state index contributed by atoms with van der Waals surface area (Å²) in [5, 5.41) is 6.44. The Morgan fingerprint density at radius 3 is 2.61 bits per heavy atom. The maximum absolute atomic E-state index is 12.0. The Morgan fingerprint density at radius 1 is 1.13 bits per heavy atom. The molecule has 1 aromatic carbocycles. The van der Waals surface area contributed by atoms with Crippen LogP contribution >= 0.6 is 11.6 Å². The third-order valence-electron chi connectivity index (χ3n) is 3.00. The normalized spacial score (nSPS) is 10.3. The number of amides is 1. The smallest absolute Gasteiger partial charge is 0.271 e. The molecule has 2 heterocycles. The van der Waals surface area contributed by atoms with Crippen LogP contribution in [0.1, 0.15) is 16.2 Å². The topological polar surface area (TPSA) is 80.0 Å². The van der Waals surface area contributed by atoms with Crippen molar-refractivity contribution in [1.29, 1.82) is 0 Å². The predicted molar refractivity (Wildman–Crippen MR) is 86.6 cm³/mol. The molecule has 0 atom stereocenters. The van der Waals surface area contributed by atoms with Crippen LogP contribution in [0.5, 0.6) is 0 Å². The summed E-state index contributed by atoms with van der Waals surface area (Å²) >= 11 is 5.83. The largest absolute Gasteiger partial charge is 0.467 e. The van der Waals surface area contributed by atoms with Crippen molar-refractivity contribution in [2.45, 2.75) is 6.54 Å². The average Bonchev–Trinajstić information content (AvgIpc) is 3.09. The van der Waals surface area contributed by atoms with E-state index in [0.29, 0.717) is 23.1 Å². The molecule has 6 nitrogen and oxygen atoms in total. The van der Waals surface area contributed by atoms with Crippen molar-refractivity contribution in [1.82, 2.24) is 15.3 Å². The van der Waals surface area contributed by atoms with Crippen molar-refractivity contribution < 1.29 is 9.21 Å². The van der Waals surface area contributed by atoms with Gasteiger partial charge >= 0.3 is 0 Å². The average molecular weight is 329 g/mol. The van der Waals surface area contributed by atoms with E-state index in [0.717, 1.165) is 5.69 Å². The molecule has 0 spiro atoms. The lowest BCUT2D eigenvalue weighted by atomic mass is 10.3. The summed E-state index contributed by atoms with van der Waals surface area (Å²) in [4.78, 5) is 20.2. The zero-order chi connectivity index (χ0) is 16.1. The molecule has 3 aromatic rings. The fourth-order valence-corrected chi connectivity index (χ4v) is 1.99. The summed E-state index contributed by atoms with van der Waals surface area (Å²) in [5.41, 5.74) is 1.07. The minimum absolute atomic E-state index is 0.234. The summed E-state index contributed by atoms with van der Waals surface area (Å²) in [6, 6.07) is 10.7. The highest BCUT2D eigenvalue weighted by molar-refractivity contribution is 6.30. The molecular formula is C16H13ClN4O2. The summed E-state index contributed by atoms with van der Waals surface area (Å²) in [5.74, 6) is 0.897. The van der Waals surface area contributed by atoms with E-state index in [1.807, 2.05) is 12.1 Å². The maximum atomic E-state index is 12.0. The number of benzene rings is 1. The second-order valence-electron chi connectivity index (χ2n) is 4.68. The van der Waals surface area contributed by atoms with Crippen LogP contribution in [0.2, 0.25) is 5.02 Å². The Bertz CT molecular complexity index is 771. The van der Waals surface area contributed by atoms with Crippen LogP contribution in [-0.2, 0) is 6.54 Å². The number of nitrogens with zero attached hydrogens (tertiary/aromatic N) is 2. The van der Waals surface area contributed by atoms with Crippen LogP contribution in [0.4, 0.5) is 11.5 Å². The molecule has 0 saturated heterocycles. The Balaban J connectivity index is 1.59. The number of anilines is 2. The molecule has 7 heteroatoms. The Kier molecular flexibility index (Phi) is 4.54. The highest BCUT2D eigenvalue weighted by atomic mass is 35.5. The summed E-state index contributed by atoms with van der Waals surface area (Å²) < 4.78 is 5.14. The summed E-state index contributed by atoms with van der Waals surface area (Å²) in [6.45, 7) is 0.304. The Hall–Kier alpha value is -2.86. The van der Waals surface area contributed by atoms with Gasteiger partial charge in [0.25, 0.3) is 5.91 Å². The van der Waals surface area contributed by atoms with E-state index in [1.165, 1.54) is 12.4 Å². The summed E-state index contributed by atoms with van der Waals surface area (Å²) in [7, 11) is 0. The van der Waals surface area contributed by atoms with Gasteiger partial charge in [-0.25, -0.2) is 9.97 Å². The van der Waals surface area contributed by atoms with Crippen LogP contribution in [0.25, 0.3) is 0 Å². The van der Waals surface area contributed by atoms with Crippen LogP contribution in [0, 0.1) is 0 Å². The number of carbonyl (C=O) groups excluding carboxylic acids is 1. The van der Waals surface area contributed by atoms with Crippen molar-refractivity contribution in [3.8, 4) is 0 Å². The number of furan rings is 1. The number of hydrogen-bond acceptors (Lipinski definition) is 5. The third-order valence-corrected chi connectivity index (χ3v) is 3.26. The lowest BCUT2D eigenvalue weighted by Gasteiger charge is -2.06. The molecule has 23 heavy (non-hydrogen) atoms. The number of halogens is 1. The first-order chi connectivity index (χ1) is 11.2. The van der Waals surface area contributed by atoms with Crippen LogP contribution in [0.15, 0.2) is 59.5 Å². The van der Waals surface area contributed by atoms with Crippen molar-refractivity contribution in [2.75, 3.05) is 5.32 Å². The van der Waals surface area contributed by atoms with Crippen molar-refractivity contribution in [3.63, 3.8) is 0 Å². The third kappa shape index (κ3) is 4.08. The Morgan fingerprint density at radius 2 is 1.96 bits per heavy atom. The fraction of sp³-hybridized carbons (Fsp3) is 0.0625. The van der Waals surface area contributed by atoms with Crippen LogP contribution in [0.3, 0.4) is 0 Å². The number of carbonyl (C=O) groups is 1. The molecule has 3 rings (SSSR count). The first kappa shape index (κ1) is 15.1. The van der Waals surface area contributed by atoms with E-state index in [4.69, 9.17) is 16.0 Å². The van der Waals surface area contributed by atoms with E-state index < -0.39 is 0 Å². The van der Waals surface area contributed by atoms with Gasteiger partial charge in [0.1, 0.15) is 17.3 Å². The maximum Gasteiger partial charge on any atom is 0.271 e. The highest BCUT2D eigenvalue weighted by Crippen LogP contribution is 2.16. The van der Waals surface area contributed by atoms with Gasteiger partial charge in [0.2, 0.25) is 0 Å². The lowest BCUT2D eigenvalue weighted by Crippen LogP contribution is -2.23. The van der Waals surface area contributed by atoms with Gasteiger partial charge in [-0.05, 0) is 36.4 Å². The van der Waals surface area contributed by atoms with Crippen molar-refractivity contribution in [2.24, 2.45) is 0 Å². The van der Waals surface area contributed by atoms with Gasteiger partial charge in [-0.2, -0.15) is 0 Å². The molecule has 0 unspecified atom stereocenters. The van der Waals surface area contributed by atoms with Gasteiger partial charge in [-0.1, -0.05) is 11.6 Å². The molecule has 0 aliphatic rings. The van der Waals surface area contributed by atoms with E-state index in [-0.39, 0.29) is 11.6 Å². The molecule has 0 bridgehead atoms. The molecule has 0 radical (unpaired) electrons. The van der Waals surface area contributed by atoms with Gasteiger partial charge in [-0.3, -0.25) is 4.79 Å². The monoisotopic (exact) mass is 328 g/mol.